The lowest BCUT2D eigenvalue weighted by Gasteiger charge is -2.32. The lowest BCUT2D eigenvalue weighted by Crippen LogP contribution is -2.47. The summed E-state index contributed by atoms with van der Waals surface area (Å²) < 4.78 is 5.62. The first-order valence-electron chi connectivity index (χ1n) is 8.47. The summed E-state index contributed by atoms with van der Waals surface area (Å²) in [5, 5.41) is 2.64. The average molecular weight is 392 g/mol. The third-order valence-electron chi connectivity index (χ3n) is 4.43. The Balaban J connectivity index is 1.89. The van der Waals surface area contributed by atoms with Crippen LogP contribution in [-0.4, -0.2) is 30.4 Å². The maximum Gasteiger partial charge on any atom is 0.231 e. The van der Waals surface area contributed by atoms with Crippen molar-refractivity contribution in [1.82, 2.24) is 4.90 Å². The van der Waals surface area contributed by atoms with Gasteiger partial charge >= 0.3 is 0 Å². The van der Waals surface area contributed by atoms with Crippen LogP contribution < -0.4 is 10.5 Å². The van der Waals surface area contributed by atoms with Gasteiger partial charge in [-0.2, -0.15) is 0 Å². The number of hydrogen-bond acceptors (Lipinski definition) is 5. The van der Waals surface area contributed by atoms with Crippen LogP contribution in [0, 0.1) is 0 Å². The Morgan fingerprint density at radius 3 is 2.81 bits per heavy atom. The van der Waals surface area contributed by atoms with Crippen LogP contribution in [0.3, 0.4) is 0 Å². The van der Waals surface area contributed by atoms with E-state index in [4.69, 9.17) is 22.1 Å². The molecule has 1 amide bonds. The Morgan fingerprint density at radius 1 is 1.38 bits per heavy atom. The molecule has 5 nitrogen and oxygen atoms in total. The first kappa shape index (κ1) is 18.7. The Kier molecular flexibility index (Phi) is 5.25. The number of hydrogen-bond donors (Lipinski definition) is 1. The van der Waals surface area contributed by atoms with Gasteiger partial charge in [-0.1, -0.05) is 24.6 Å². The van der Waals surface area contributed by atoms with Crippen molar-refractivity contribution in [1.29, 1.82) is 0 Å². The fraction of sp³-hybridized carbons (Fsp3) is 0.368. The first-order valence-corrected chi connectivity index (χ1v) is 9.73. The van der Waals surface area contributed by atoms with Crippen molar-refractivity contribution in [3.05, 3.63) is 39.5 Å². The highest BCUT2D eigenvalue weighted by Gasteiger charge is 2.37. The van der Waals surface area contributed by atoms with Crippen molar-refractivity contribution >= 4 is 34.8 Å². The molecule has 0 spiro atoms. The van der Waals surface area contributed by atoms with Gasteiger partial charge in [0, 0.05) is 11.9 Å². The highest BCUT2D eigenvalue weighted by atomic mass is 35.5. The molecule has 1 aromatic heterocycles. The van der Waals surface area contributed by atoms with Crippen LogP contribution in [0.15, 0.2) is 34.6 Å². The number of ether oxygens (including phenoxy) is 1. The van der Waals surface area contributed by atoms with E-state index in [1.165, 1.54) is 4.90 Å². The molecule has 0 saturated heterocycles. The molecule has 1 aliphatic rings. The molecule has 2 aromatic rings. The summed E-state index contributed by atoms with van der Waals surface area (Å²) in [6.07, 6.45) is 1.23. The summed E-state index contributed by atoms with van der Waals surface area (Å²) in [6, 6.07) is 7.83. The second-order valence-corrected chi connectivity index (χ2v) is 7.89. The predicted molar refractivity (Wildman–Crippen MR) is 107 cm³/mol. The topological polar surface area (TPSA) is 67.9 Å². The number of carbonyl (C=O) groups excluding carboxylic acids is 1. The highest BCUT2D eigenvalue weighted by Crippen LogP contribution is 2.40. The second-order valence-electron chi connectivity index (χ2n) is 6.57. The van der Waals surface area contributed by atoms with Crippen molar-refractivity contribution < 1.29 is 9.53 Å². The van der Waals surface area contributed by atoms with E-state index in [2.05, 4.69) is 18.0 Å². The number of nitrogens with two attached hydrogens (primary N) is 1. The lowest BCUT2D eigenvalue weighted by molar-refractivity contribution is -0.128. The zero-order valence-electron chi connectivity index (χ0n) is 15.1. The number of rotatable bonds is 5. The fourth-order valence-electron chi connectivity index (χ4n) is 2.83. The molecule has 26 heavy (non-hydrogen) atoms. The van der Waals surface area contributed by atoms with Crippen LogP contribution in [-0.2, 0) is 10.3 Å². The van der Waals surface area contributed by atoms with Crippen molar-refractivity contribution in [3.8, 4) is 16.9 Å². The molecule has 0 bridgehead atoms. The quantitative estimate of drug-likeness (QED) is 0.828. The molecule has 0 fully saturated rings. The number of nitrogens with zero attached hydrogens (tertiary/aromatic N) is 2. The van der Waals surface area contributed by atoms with Crippen molar-refractivity contribution in [2.75, 3.05) is 13.7 Å². The standard InChI is InChI=1S/C19H22ClN3O2S/c1-4-7-25-15-6-5-12(8-14(15)20)13-9-16(26-11-13)19(2)10-17(24)23(3)18(21)22-19/h5-6,8-9,11H,4,7,10H2,1-3H3,(H2,21,22)/t19-/m0/s1. The van der Waals surface area contributed by atoms with Gasteiger partial charge in [0.15, 0.2) is 5.96 Å². The first-order chi connectivity index (χ1) is 12.3. The van der Waals surface area contributed by atoms with Crippen LogP contribution >= 0.6 is 22.9 Å². The molecule has 0 radical (unpaired) electrons. The Labute approximate surface area is 162 Å². The molecule has 1 atom stereocenters. The van der Waals surface area contributed by atoms with Crippen LogP contribution in [0.1, 0.15) is 31.6 Å². The number of benzene rings is 1. The lowest BCUT2D eigenvalue weighted by atomic mass is 9.93. The van der Waals surface area contributed by atoms with Crippen molar-refractivity contribution in [2.45, 2.75) is 32.2 Å². The van der Waals surface area contributed by atoms with Gasteiger partial charge in [0.05, 0.1) is 18.1 Å². The van der Waals surface area contributed by atoms with Crippen LogP contribution in [0.2, 0.25) is 5.02 Å². The monoisotopic (exact) mass is 391 g/mol. The normalized spacial score (nSPS) is 20.2. The summed E-state index contributed by atoms with van der Waals surface area (Å²) in [6.45, 7) is 4.63. The van der Waals surface area contributed by atoms with Gasteiger partial charge in [-0.3, -0.25) is 9.69 Å². The van der Waals surface area contributed by atoms with E-state index >= 15 is 0 Å². The van der Waals surface area contributed by atoms with E-state index in [9.17, 15) is 4.79 Å². The summed E-state index contributed by atoms with van der Waals surface area (Å²) in [7, 11) is 1.64. The summed E-state index contributed by atoms with van der Waals surface area (Å²) in [5.41, 5.74) is 7.31. The number of aliphatic imine (C=N–C) groups is 1. The maximum absolute atomic E-state index is 12.2. The van der Waals surface area contributed by atoms with Gasteiger partial charge in [0.1, 0.15) is 11.3 Å². The molecule has 1 aromatic carbocycles. The van der Waals surface area contributed by atoms with E-state index in [1.807, 2.05) is 30.5 Å². The largest absolute Gasteiger partial charge is 0.492 e. The van der Waals surface area contributed by atoms with Crippen molar-refractivity contribution in [2.24, 2.45) is 10.7 Å². The van der Waals surface area contributed by atoms with Crippen LogP contribution in [0.5, 0.6) is 5.75 Å². The minimum atomic E-state index is -0.634. The van der Waals surface area contributed by atoms with Gasteiger partial charge in [-0.25, -0.2) is 4.99 Å². The second kappa shape index (κ2) is 7.29. The number of carbonyl (C=O) groups is 1. The number of thiophene rings is 1. The average Bonchev–Trinajstić information content (AvgIpc) is 3.09. The molecular formula is C19H22ClN3O2S. The fourth-order valence-corrected chi connectivity index (χ4v) is 4.09. The minimum absolute atomic E-state index is 0.0320. The molecule has 3 rings (SSSR count). The highest BCUT2D eigenvalue weighted by molar-refractivity contribution is 7.10. The zero-order chi connectivity index (χ0) is 18.9. The maximum atomic E-state index is 12.2. The summed E-state index contributed by atoms with van der Waals surface area (Å²) >= 11 is 7.91. The summed E-state index contributed by atoms with van der Waals surface area (Å²) in [4.78, 5) is 19.1. The number of guanidine groups is 1. The molecule has 0 aliphatic carbocycles. The van der Waals surface area contributed by atoms with Gasteiger partial charge in [0.25, 0.3) is 0 Å². The minimum Gasteiger partial charge on any atom is -0.492 e. The van der Waals surface area contributed by atoms with Gasteiger partial charge in [-0.05, 0) is 48.1 Å². The number of amides is 1. The molecule has 138 valence electrons. The SMILES string of the molecule is CCCOc1ccc(-c2csc([C@]3(C)CC(=O)N(C)C(N)=N3)c2)cc1Cl. The molecule has 7 heteroatoms. The molecule has 0 saturated carbocycles. The van der Waals surface area contributed by atoms with E-state index in [0.29, 0.717) is 23.8 Å². The van der Waals surface area contributed by atoms with Gasteiger partial charge < -0.3 is 10.5 Å². The Hall–Kier alpha value is -2.05. The van der Waals surface area contributed by atoms with Crippen molar-refractivity contribution in [3.63, 3.8) is 0 Å². The molecule has 2 N–H and O–H groups in total. The Morgan fingerprint density at radius 2 is 2.15 bits per heavy atom. The summed E-state index contributed by atoms with van der Waals surface area (Å²) in [5.74, 6) is 0.910. The predicted octanol–water partition coefficient (Wildman–Crippen LogP) is 4.25. The molecule has 0 unspecified atom stereocenters. The van der Waals surface area contributed by atoms with Gasteiger partial charge in [0.2, 0.25) is 5.91 Å². The van der Waals surface area contributed by atoms with E-state index < -0.39 is 5.54 Å². The third kappa shape index (κ3) is 3.57. The number of halogens is 1. The molecule has 2 heterocycles. The molecular weight excluding hydrogens is 370 g/mol. The smallest absolute Gasteiger partial charge is 0.231 e. The Bertz CT molecular complexity index is 864. The van der Waals surface area contributed by atoms with Crippen LogP contribution in [0.4, 0.5) is 0 Å². The van der Waals surface area contributed by atoms with Crippen LogP contribution in [0.25, 0.3) is 11.1 Å². The third-order valence-corrected chi connectivity index (χ3v) is 5.91. The van der Waals surface area contributed by atoms with E-state index in [0.717, 1.165) is 22.4 Å². The molecule has 1 aliphatic heterocycles. The van der Waals surface area contributed by atoms with E-state index in [1.54, 1.807) is 18.4 Å². The zero-order valence-corrected chi connectivity index (χ0v) is 16.7. The van der Waals surface area contributed by atoms with Gasteiger partial charge in [-0.15, -0.1) is 11.3 Å². The van der Waals surface area contributed by atoms with E-state index in [-0.39, 0.29) is 11.9 Å².